The molecule has 0 unspecified atom stereocenters. The Labute approximate surface area is 136 Å². The fraction of sp³-hybridized carbons (Fsp3) is 0.364. The summed E-state index contributed by atoms with van der Waals surface area (Å²) >= 11 is 1.47. The van der Waals surface area contributed by atoms with Crippen molar-refractivity contribution in [2.75, 3.05) is 0 Å². The van der Waals surface area contributed by atoms with Crippen molar-refractivity contribution in [1.82, 2.24) is 0 Å². The zero-order valence-electron chi connectivity index (χ0n) is 12.0. The topological polar surface area (TPSA) is 189 Å². The first kappa shape index (κ1) is 28.0. The van der Waals surface area contributed by atoms with Crippen LogP contribution in [0.3, 0.4) is 0 Å². The van der Waals surface area contributed by atoms with Gasteiger partial charge in [-0.1, -0.05) is 0 Å². The van der Waals surface area contributed by atoms with Crippen molar-refractivity contribution in [2.24, 2.45) is 0 Å². The van der Waals surface area contributed by atoms with Gasteiger partial charge in [-0.3, -0.25) is 14.4 Å². The Morgan fingerprint density at radius 2 is 0.591 bits per heavy atom. The number of carbonyl (C=O) groups excluding carboxylic acids is 7. The number of aliphatic carboxylic acids is 3. The van der Waals surface area contributed by atoms with Crippen LogP contribution in [0.5, 0.6) is 0 Å². The summed E-state index contributed by atoms with van der Waals surface area (Å²) in [5, 5.41) is 27.7. The molecule has 10 nitrogen and oxygen atoms in total. The first-order valence-corrected chi connectivity index (χ1v) is 6.00. The molecular formula is C11H12MoO10. The van der Waals surface area contributed by atoms with Gasteiger partial charge in [0.05, 0.1) is 0 Å². The third kappa shape index (κ3) is 52.3. The molecule has 0 aromatic heterocycles. The van der Waals surface area contributed by atoms with Crippen molar-refractivity contribution in [1.29, 1.82) is 0 Å². The quantitative estimate of drug-likeness (QED) is 0.328. The summed E-state index contributed by atoms with van der Waals surface area (Å²) in [5.74, 6) is -7.69. The summed E-state index contributed by atoms with van der Waals surface area (Å²) in [6.45, 7) is 4.35. The second-order valence-corrected chi connectivity index (χ2v) is 4.44. The van der Waals surface area contributed by atoms with Crippen LogP contribution in [-0.2, 0) is 53.4 Å². The molecule has 0 aliphatic rings. The van der Waals surface area contributed by atoms with Gasteiger partial charge in [0.1, 0.15) is 17.9 Å². The zero-order valence-corrected chi connectivity index (χ0v) is 14.0. The summed E-state index contributed by atoms with van der Waals surface area (Å²) in [6.07, 6.45) is 0. The van der Waals surface area contributed by atoms with Gasteiger partial charge in [0.25, 0.3) is 0 Å². The third-order valence-corrected chi connectivity index (χ3v) is 0.862. The van der Waals surface area contributed by atoms with Crippen LogP contribution in [0.2, 0.25) is 0 Å². The van der Waals surface area contributed by atoms with Gasteiger partial charge in [0, 0.05) is 20.8 Å². The Morgan fingerprint density at radius 1 is 0.545 bits per heavy atom. The predicted molar refractivity (Wildman–Crippen MR) is 57.7 cm³/mol. The van der Waals surface area contributed by atoms with Gasteiger partial charge in [-0.05, 0) is 0 Å². The monoisotopic (exact) mass is 402 g/mol. The number of carboxylic acid groups (broad SMARTS) is 3. The summed E-state index contributed by atoms with van der Waals surface area (Å²) in [6, 6.07) is 0. The summed E-state index contributed by atoms with van der Waals surface area (Å²) in [5.41, 5.74) is 0. The van der Waals surface area contributed by atoms with E-state index >= 15 is 0 Å². The minimum atomic E-state index is -1.63. The summed E-state index contributed by atoms with van der Waals surface area (Å²) in [7, 11) is 0. The Hall–Kier alpha value is -2.22. The second kappa shape index (κ2) is 16.8. The maximum absolute atomic E-state index is 9.48. The molecule has 22 heavy (non-hydrogen) atoms. The molecule has 0 bridgehead atoms. The second-order valence-electron chi connectivity index (χ2n) is 3.02. The number of hydrogen-bond acceptors (Lipinski definition) is 10. The molecule has 0 amide bonds. The van der Waals surface area contributed by atoms with Crippen LogP contribution in [0.1, 0.15) is 27.7 Å². The van der Waals surface area contributed by atoms with Gasteiger partial charge >= 0.3 is 35.7 Å². The fourth-order valence-electron chi connectivity index (χ4n) is 0. The first-order valence-electron chi connectivity index (χ1n) is 5.00. The van der Waals surface area contributed by atoms with E-state index in [1.165, 1.54) is 26.7 Å². The Morgan fingerprint density at radius 3 is 0.591 bits per heavy atom. The minimum absolute atomic E-state index is 0.177. The van der Waals surface area contributed by atoms with Crippen LogP contribution in [0.4, 0.5) is 0 Å². The van der Waals surface area contributed by atoms with Crippen LogP contribution < -0.4 is 15.3 Å². The third-order valence-electron chi connectivity index (χ3n) is 0.862. The number of Topliss-reactive ketones (excluding diaryl/α,β-unsaturated/α-hetero) is 3. The van der Waals surface area contributed by atoms with E-state index in [-0.39, 0.29) is 4.17 Å². The Balaban J connectivity index is -0.0000000994. The molecule has 0 heterocycles. The molecule has 0 atom stereocenters. The van der Waals surface area contributed by atoms with E-state index in [1.54, 1.807) is 0 Å². The van der Waals surface area contributed by atoms with Gasteiger partial charge < -0.3 is 29.7 Å². The first-order chi connectivity index (χ1) is 9.66. The average molecular weight is 400 g/mol. The zero-order chi connectivity index (χ0) is 19.0. The van der Waals surface area contributed by atoms with Crippen molar-refractivity contribution >= 4 is 39.4 Å². The normalized spacial score (nSPS) is 7.23. The summed E-state index contributed by atoms with van der Waals surface area (Å²) < 4.78 is 0.177. The van der Waals surface area contributed by atoms with Crippen LogP contribution in [0.15, 0.2) is 0 Å². The Kier molecular flexibility index (Phi) is 21.4. The number of ketones is 3. The van der Waals surface area contributed by atoms with Gasteiger partial charge in [-0.2, -0.15) is 0 Å². The van der Waals surface area contributed by atoms with E-state index in [0.29, 0.717) is 0 Å². The van der Waals surface area contributed by atoms with E-state index < -0.39 is 35.3 Å². The maximum atomic E-state index is 9.48. The van der Waals surface area contributed by atoms with Crippen molar-refractivity contribution in [3.63, 3.8) is 0 Å². The van der Waals surface area contributed by atoms with Gasteiger partial charge in [0.15, 0.2) is 17.3 Å². The van der Waals surface area contributed by atoms with E-state index in [2.05, 4.69) is 0 Å². The van der Waals surface area contributed by atoms with E-state index in [0.717, 1.165) is 20.8 Å². The molecule has 0 aromatic rings. The molecule has 122 valence electrons. The fourth-order valence-corrected chi connectivity index (χ4v) is 0. The molecule has 0 aliphatic heterocycles. The molecule has 0 saturated carbocycles. The van der Waals surface area contributed by atoms with Crippen molar-refractivity contribution in [3.05, 3.63) is 0 Å². The number of hydrogen-bond donors (Lipinski definition) is 0. The molecule has 0 aromatic carbocycles. The van der Waals surface area contributed by atoms with Gasteiger partial charge in [0.2, 0.25) is 0 Å². The van der Waals surface area contributed by atoms with Gasteiger partial charge in [-0.25, -0.2) is 0 Å². The molecule has 0 aliphatic carbocycles. The average Bonchev–Trinajstić information content (AvgIpc) is 2.29. The molecule has 0 radical (unpaired) electrons. The SMILES string of the molecule is CC(=O)C(=O)[O-].CC(=O)C(=O)[O-].CC(=O)C(=O)[O-].C[C](=O)[Mo+3]. The van der Waals surface area contributed by atoms with Crippen LogP contribution >= 0.6 is 0 Å². The number of carboxylic acids is 3. The molecule has 0 saturated heterocycles. The molecule has 0 rings (SSSR count). The van der Waals surface area contributed by atoms with E-state index in [1.807, 2.05) is 0 Å². The van der Waals surface area contributed by atoms with Gasteiger partial charge in [-0.15, -0.1) is 0 Å². The molecule has 11 heteroatoms. The van der Waals surface area contributed by atoms with Crippen molar-refractivity contribution in [3.8, 4) is 0 Å². The van der Waals surface area contributed by atoms with E-state index in [4.69, 9.17) is 0 Å². The summed E-state index contributed by atoms with van der Waals surface area (Å²) in [4.78, 5) is 65.6. The van der Waals surface area contributed by atoms with Crippen LogP contribution in [0, 0.1) is 0 Å². The standard InChI is InChI=1S/3C3H4O3.C2H3O.Mo/c3*1-2(4)3(5)6;1-2-3;/h3*1H3,(H,5,6);1H3;/q;;;;+3/p-3. The van der Waals surface area contributed by atoms with Crippen molar-refractivity contribution < 1.29 is 68.7 Å². The molecule has 0 spiro atoms. The predicted octanol–water partition coefficient (Wildman–Crippen LogP) is -4.94. The molecular weight excluding hydrogens is 388 g/mol. The molecule has 0 N–H and O–H groups in total. The Bertz CT molecular complexity index is 355. The number of rotatable bonds is 3. The van der Waals surface area contributed by atoms with Crippen LogP contribution in [0.25, 0.3) is 0 Å². The number of carbonyl (C=O) groups is 7. The molecule has 0 fully saturated rings. The van der Waals surface area contributed by atoms with E-state index in [9.17, 15) is 48.9 Å². The van der Waals surface area contributed by atoms with Crippen molar-refractivity contribution in [2.45, 2.75) is 27.7 Å². The van der Waals surface area contributed by atoms with Crippen LogP contribution in [-0.4, -0.2) is 39.4 Å².